The highest BCUT2D eigenvalue weighted by Gasteiger charge is 2.11. The van der Waals surface area contributed by atoms with Crippen molar-refractivity contribution in [3.8, 4) is 16.9 Å². The van der Waals surface area contributed by atoms with Gasteiger partial charge in [0.2, 0.25) is 0 Å². The number of hydrogen-bond donors (Lipinski definition) is 4. The van der Waals surface area contributed by atoms with Crippen molar-refractivity contribution >= 4 is 11.4 Å². The summed E-state index contributed by atoms with van der Waals surface area (Å²) in [5.41, 5.74) is 15.5. The normalized spacial score (nSPS) is 12.1. The number of hydrogen-bond acceptors (Lipinski definition) is 5. The minimum Gasteiger partial charge on any atom is -0.497 e. The maximum absolute atomic E-state index is 9.56. The van der Waals surface area contributed by atoms with Gasteiger partial charge in [-0.1, -0.05) is 12.1 Å². The molecule has 2 aromatic rings. The molecule has 0 saturated carbocycles. The van der Waals surface area contributed by atoms with Crippen molar-refractivity contribution in [2.24, 2.45) is 0 Å². The molecular weight excluding hydrogens is 268 g/mol. The molecule has 6 N–H and O–H groups in total. The van der Waals surface area contributed by atoms with Crippen LogP contribution < -0.4 is 16.2 Å². The predicted octanol–water partition coefficient (Wildman–Crippen LogP) is 1.42. The maximum Gasteiger partial charge on any atom is 0.118 e. The van der Waals surface area contributed by atoms with Crippen LogP contribution in [0.2, 0.25) is 0 Å². The number of ether oxygens (including phenoxy) is 1. The molecule has 5 heteroatoms. The monoisotopic (exact) mass is 288 g/mol. The van der Waals surface area contributed by atoms with E-state index in [1.54, 1.807) is 13.2 Å². The van der Waals surface area contributed by atoms with E-state index in [2.05, 4.69) is 0 Å². The van der Waals surface area contributed by atoms with E-state index >= 15 is 0 Å². The molecule has 2 rings (SSSR count). The summed E-state index contributed by atoms with van der Waals surface area (Å²) in [5, 5.41) is 18.5. The highest BCUT2D eigenvalue weighted by atomic mass is 16.5. The molecule has 1 unspecified atom stereocenters. The number of aliphatic hydroxyl groups excluding tert-OH is 2. The average molecular weight is 288 g/mol. The van der Waals surface area contributed by atoms with Gasteiger partial charge in [0.05, 0.1) is 31.2 Å². The van der Waals surface area contributed by atoms with Gasteiger partial charge in [0.15, 0.2) is 0 Å². The lowest BCUT2D eigenvalue weighted by molar-refractivity contribution is 0.0955. The molecule has 0 heterocycles. The van der Waals surface area contributed by atoms with Crippen LogP contribution in [0.5, 0.6) is 5.75 Å². The lowest BCUT2D eigenvalue weighted by Crippen LogP contribution is -2.15. The van der Waals surface area contributed by atoms with Gasteiger partial charge in [-0.25, -0.2) is 0 Å². The van der Waals surface area contributed by atoms with Gasteiger partial charge in [0.1, 0.15) is 5.75 Å². The zero-order valence-electron chi connectivity index (χ0n) is 11.9. The first kappa shape index (κ1) is 15.2. The molecule has 0 aliphatic rings. The standard InChI is InChI=1S/C16H20N2O3/c1-21-13-4-2-11(3-5-13)14-7-10(6-12(20)9-19)8-15(17)16(14)18/h2-5,7-8,12,19-20H,6,9,17-18H2,1H3. The molecule has 0 aliphatic heterocycles. The number of rotatable bonds is 5. The fourth-order valence-corrected chi connectivity index (χ4v) is 2.20. The first-order valence-electron chi connectivity index (χ1n) is 6.66. The molecule has 112 valence electrons. The smallest absolute Gasteiger partial charge is 0.118 e. The number of anilines is 2. The number of aliphatic hydroxyl groups is 2. The highest BCUT2D eigenvalue weighted by molar-refractivity contribution is 5.85. The van der Waals surface area contributed by atoms with Crippen LogP contribution in [0.25, 0.3) is 11.1 Å². The maximum atomic E-state index is 9.56. The summed E-state index contributed by atoms with van der Waals surface area (Å²) in [4.78, 5) is 0. The minimum atomic E-state index is -0.809. The van der Waals surface area contributed by atoms with Gasteiger partial charge in [-0.05, 0) is 35.4 Å². The van der Waals surface area contributed by atoms with E-state index < -0.39 is 6.10 Å². The Morgan fingerprint density at radius 3 is 2.38 bits per heavy atom. The first-order chi connectivity index (χ1) is 10.0. The van der Waals surface area contributed by atoms with E-state index in [4.69, 9.17) is 21.3 Å². The number of nitrogen functional groups attached to an aromatic ring is 2. The Hall–Kier alpha value is -2.24. The molecule has 5 nitrogen and oxygen atoms in total. The molecule has 0 fully saturated rings. The van der Waals surface area contributed by atoms with Crippen molar-refractivity contribution in [2.75, 3.05) is 25.2 Å². The van der Waals surface area contributed by atoms with Crippen LogP contribution in [-0.4, -0.2) is 30.0 Å². The fourth-order valence-electron chi connectivity index (χ4n) is 2.20. The summed E-state index contributed by atoms with van der Waals surface area (Å²) < 4.78 is 5.13. The van der Waals surface area contributed by atoms with Gasteiger partial charge in [0, 0.05) is 12.0 Å². The Labute approximate surface area is 123 Å². The van der Waals surface area contributed by atoms with Crippen molar-refractivity contribution < 1.29 is 14.9 Å². The summed E-state index contributed by atoms with van der Waals surface area (Å²) in [6.07, 6.45) is -0.485. The van der Waals surface area contributed by atoms with Gasteiger partial charge in [-0.3, -0.25) is 0 Å². The Kier molecular flexibility index (Phi) is 4.67. The molecule has 0 spiro atoms. The third kappa shape index (κ3) is 3.45. The third-order valence-corrected chi connectivity index (χ3v) is 3.35. The zero-order valence-corrected chi connectivity index (χ0v) is 11.9. The molecule has 0 bridgehead atoms. The fraction of sp³-hybridized carbons (Fsp3) is 0.250. The highest BCUT2D eigenvalue weighted by Crippen LogP contribution is 2.33. The van der Waals surface area contributed by atoms with E-state index in [9.17, 15) is 5.11 Å². The van der Waals surface area contributed by atoms with Crippen LogP contribution in [0.4, 0.5) is 11.4 Å². The first-order valence-corrected chi connectivity index (χ1v) is 6.66. The van der Waals surface area contributed by atoms with Gasteiger partial charge >= 0.3 is 0 Å². The van der Waals surface area contributed by atoms with Crippen molar-refractivity contribution in [2.45, 2.75) is 12.5 Å². The third-order valence-electron chi connectivity index (χ3n) is 3.35. The van der Waals surface area contributed by atoms with E-state index in [0.29, 0.717) is 17.8 Å². The summed E-state index contributed by atoms with van der Waals surface area (Å²) in [6, 6.07) is 11.1. The van der Waals surface area contributed by atoms with Crippen molar-refractivity contribution in [1.82, 2.24) is 0 Å². The Morgan fingerprint density at radius 1 is 1.14 bits per heavy atom. The summed E-state index contributed by atoms with van der Waals surface area (Å²) in [5.74, 6) is 0.761. The lowest BCUT2D eigenvalue weighted by atomic mass is 9.97. The Bertz CT molecular complexity index is 612. The molecule has 2 aromatic carbocycles. The minimum absolute atomic E-state index is 0.290. The van der Waals surface area contributed by atoms with Gasteiger partial charge < -0.3 is 26.4 Å². The zero-order chi connectivity index (χ0) is 15.4. The SMILES string of the molecule is COc1ccc(-c2cc(CC(O)CO)cc(N)c2N)cc1. The number of benzene rings is 2. The molecule has 1 atom stereocenters. The van der Waals surface area contributed by atoms with Gasteiger partial charge in [-0.2, -0.15) is 0 Å². The second-order valence-corrected chi connectivity index (χ2v) is 4.92. The van der Waals surface area contributed by atoms with Crippen molar-refractivity contribution in [1.29, 1.82) is 0 Å². The molecule has 0 radical (unpaired) electrons. The van der Waals surface area contributed by atoms with Crippen LogP contribution in [-0.2, 0) is 6.42 Å². The van der Waals surface area contributed by atoms with Crippen LogP contribution in [0, 0.1) is 0 Å². The van der Waals surface area contributed by atoms with E-state index in [1.807, 2.05) is 30.3 Å². The number of nitrogens with two attached hydrogens (primary N) is 2. The largest absolute Gasteiger partial charge is 0.497 e. The van der Waals surface area contributed by atoms with Crippen LogP contribution in [0.1, 0.15) is 5.56 Å². The lowest BCUT2D eigenvalue weighted by Gasteiger charge is -2.14. The second kappa shape index (κ2) is 6.47. The van der Waals surface area contributed by atoms with Gasteiger partial charge in [0.25, 0.3) is 0 Å². The van der Waals surface area contributed by atoms with E-state index in [1.165, 1.54) is 0 Å². The summed E-state index contributed by atoms with van der Waals surface area (Å²) in [6.45, 7) is -0.290. The number of methoxy groups -OCH3 is 1. The van der Waals surface area contributed by atoms with Crippen molar-refractivity contribution in [3.05, 3.63) is 42.0 Å². The molecule has 0 saturated heterocycles. The summed E-state index contributed by atoms with van der Waals surface area (Å²) in [7, 11) is 1.61. The predicted molar refractivity (Wildman–Crippen MR) is 84.1 cm³/mol. The van der Waals surface area contributed by atoms with Crippen molar-refractivity contribution in [3.63, 3.8) is 0 Å². The molecular formula is C16H20N2O3. The summed E-state index contributed by atoms with van der Waals surface area (Å²) >= 11 is 0. The van der Waals surface area contributed by atoms with E-state index in [0.717, 1.165) is 22.4 Å². The Morgan fingerprint density at radius 2 is 1.81 bits per heavy atom. The quantitative estimate of drug-likeness (QED) is 0.623. The van der Waals surface area contributed by atoms with Gasteiger partial charge in [-0.15, -0.1) is 0 Å². The molecule has 21 heavy (non-hydrogen) atoms. The topological polar surface area (TPSA) is 102 Å². The molecule has 0 aromatic heterocycles. The Balaban J connectivity index is 2.41. The van der Waals surface area contributed by atoms with E-state index in [-0.39, 0.29) is 6.61 Å². The average Bonchev–Trinajstić information content (AvgIpc) is 2.50. The molecule has 0 amide bonds. The van der Waals surface area contributed by atoms with Crippen LogP contribution >= 0.6 is 0 Å². The molecule has 0 aliphatic carbocycles. The second-order valence-electron chi connectivity index (χ2n) is 4.92. The van der Waals surface area contributed by atoms with Crippen LogP contribution in [0.3, 0.4) is 0 Å². The van der Waals surface area contributed by atoms with Crippen LogP contribution in [0.15, 0.2) is 36.4 Å².